The first kappa shape index (κ1) is 18.3. The van der Waals surface area contributed by atoms with Crippen LogP contribution < -0.4 is 10.1 Å². The number of benzene rings is 2. The topological polar surface area (TPSA) is 56.1 Å². The zero-order valence-electron chi connectivity index (χ0n) is 16.1. The minimum atomic E-state index is -0.295. The van der Waals surface area contributed by atoms with Gasteiger partial charge in [0, 0.05) is 18.0 Å². The minimum absolute atomic E-state index is 0.0247. The second kappa shape index (κ2) is 7.89. The summed E-state index contributed by atoms with van der Waals surface area (Å²) in [6.07, 6.45) is 7.86. The maximum Gasteiger partial charge on any atom is 0.251 e. The number of amides is 1. The number of nitrogens with zero attached hydrogens (tertiary/aromatic N) is 2. The molecule has 1 N–H and O–H groups in total. The van der Waals surface area contributed by atoms with Crippen molar-refractivity contribution in [1.29, 1.82) is 0 Å². The molecule has 5 heteroatoms. The van der Waals surface area contributed by atoms with Crippen molar-refractivity contribution in [2.24, 2.45) is 0 Å². The van der Waals surface area contributed by atoms with E-state index in [4.69, 9.17) is 4.74 Å². The van der Waals surface area contributed by atoms with Crippen molar-refractivity contribution in [2.75, 3.05) is 7.11 Å². The summed E-state index contributed by atoms with van der Waals surface area (Å²) in [4.78, 5) is 13.0. The number of hydrogen-bond donors (Lipinski definition) is 1. The van der Waals surface area contributed by atoms with E-state index in [2.05, 4.69) is 22.5 Å². The molecule has 1 heterocycles. The SMILES string of the molecule is COc1ccc(C2(NC(=O)c3ccc(Cn4cccn4)cc3)CCCC2)cc1. The first-order valence-electron chi connectivity index (χ1n) is 9.72. The van der Waals surface area contributed by atoms with Gasteiger partial charge in [-0.15, -0.1) is 0 Å². The Hall–Kier alpha value is -3.08. The first-order valence-corrected chi connectivity index (χ1v) is 9.72. The van der Waals surface area contributed by atoms with Gasteiger partial charge in [0.15, 0.2) is 0 Å². The minimum Gasteiger partial charge on any atom is -0.497 e. The molecular weight excluding hydrogens is 350 g/mol. The highest BCUT2D eigenvalue weighted by atomic mass is 16.5. The number of carbonyl (C=O) groups is 1. The highest BCUT2D eigenvalue weighted by Gasteiger charge is 2.37. The van der Waals surface area contributed by atoms with Crippen LogP contribution in [-0.2, 0) is 12.1 Å². The highest BCUT2D eigenvalue weighted by Crippen LogP contribution is 2.39. The average Bonchev–Trinajstić information content (AvgIpc) is 3.41. The predicted octanol–water partition coefficient (Wildman–Crippen LogP) is 4.14. The summed E-state index contributed by atoms with van der Waals surface area (Å²) < 4.78 is 7.14. The molecule has 0 spiro atoms. The second-order valence-electron chi connectivity index (χ2n) is 7.37. The van der Waals surface area contributed by atoms with Gasteiger partial charge in [-0.05, 0) is 54.3 Å². The normalized spacial score (nSPS) is 15.3. The molecule has 0 bridgehead atoms. The molecule has 0 radical (unpaired) electrons. The van der Waals surface area contributed by atoms with Crippen molar-refractivity contribution in [3.63, 3.8) is 0 Å². The van der Waals surface area contributed by atoms with Crippen LogP contribution in [0.25, 0.3) is 0 Å². The smallest absolute Gasteiger partial charge is 0.251 e. The van der Waals surface area contributed by atoms with Gasteiger partial charge in [0.25, 0.3) is 5.91 Å². The Bertz CT molecular complexity index is 909. The van der Waals surface area contributed by atoms with Crippen LogP contribution in [0.3, 0.4) is 0 Å². The predicted molar refractivity (Wildman–Crippen MR) is 108 cm³/mol. The maximum atomic E-state index is 13.0. The van der Waals surface area contributed by atoms with Crippen LogP contribution in [0.15, 0.2) is 67.0 Å². The van der Waals surface area contributed by atoms with E-state index in [-0.39, 0.29) is 11.4 Å². The van der Waals surface area contributed by atoms with Gasteiger partial charge in [0.05, 0.1) is 19.2 Å². The maximum absolute atomic E-state index is 13.0. The number of ether oxygens (including phenoxy) is 1. The molecule has 1 saturated carbocycles. The quantitative estimate of drug-likeness (QED) is 0.704. The Labute approximate surface area is 165 Å². The van der Waals surface area contributed by atoms with Crippen LogP contribution in [0.4, 0.5) is 0 Å². The summed E-state index contributed by atoms with van der Waals surface area (Å²) >= 11 is 0. The molecule has 0 saturated heterocycles. The fraction of sp³-hybridized carbons (Fsp3) is 0.304. The van der Waals surface area contributed by atoms with Crippen molar-refractivity contribution < 1.29 is 9.53 Å². The van der Waals surface area contributed by atoms with Crippen LogP contribution in [0.5, 0.6) is 5.75 Å². The van der Waals surface area contributed by atoms with E-state index < -0.39 is 0 Å². The molecule has 3 aromatic rings. The largest absolute Gasteiger partial charge is 0.497 e. The Kier molecular flexibility index (Phi) is 5.15. The third kappa shape index (κ3) is 3.79. The zero-order valence-corrected chi connectivity index (χ0v) is 16.1. The standard InChI is InChI=1S/C23H25N3O2/c1-28-21-11-9-20(10-12-21)23(13-2-3-14-23)25-22(27)19-7-5-18(6-8-19)17-26-16-4-15-24-26/h4-12,15-16H,2-3,13-14,17H2,1H3,(H,25,27). The van der Waals surface area contributed by atoms with Crippen LogP contribution in [0, 0.1) is 0 Å². The van der Waals surface area contributed by atoms with Crippen molar-refractivity contribution in [2.45, 2.75) is 37.8 Å². The number of rotatable bonds is 6. The Morgan fingerprint density at radius 1 is 1.11 bits per heavy atom. The third-order valence-corrected chi connectivity index (χ3v) is 5.57. The van der Waals surface area contributed by atoms with Crippen LogP contribution in [0.2, 0.25) is 0 Å². The number of carbonyl (C=O) groups excluding carboxylic acids is 1. The third-order valence-electron chi connectivity index (χ3n) is 5.57. The summed E-state index contributed by atoms with van der Waals surface area (Å²) in [5, 5.41) is 7.55. The van der Waals surface area contributed by atoms with Crippen LogP contribution in [-0.4, -0.2) is 22.8 Å². The van der Waals surface area contributed by atoms with E-state index >= 15 is 0 Å². The van der Waals surface area contributed by atoms with Crippen molar-refractivity contribution in [3.8, 4) is 5.75 Å². The number of methoxy groups -OCH3 is 1. The van der Waals surface area contributed by atoms with E-state index in [0.717, 1.165) is 42.6 Å². The van der Waals surface area contributed by atoms with E-state index in [1.165, 1.54) is 0 Å². The lowest BCUT2D eigenvalue weighted by molar-refractivity contribution is 0.0898. The zero-order chi connectivity index (χ0) is 19.4. The molecule has 4 rings (SSSR count). The van der Waals surface area contributed by atoms with Crippen LogP contribution >= 0.6 is 0 Å². The Morgan fingerprint density at radius 3 is 2.43 bits per heavy atom. The summed E-state index contributed by atoms with van der Waals surface area (Å²) in [6, 6.07) is 17.7. The van der Waals surface area contributed by atoms with Crippen molar-refractivity contribution >= 4 is 5.91 Å². The molecule has 144 valence electrons. The molecule has 1 aromatic heterocycles. The van der Waals surface area contributed by atoms with Gasteiger partial charge in [0.1, 0.15) is 5.75 Å². The van der Waals surface area contributed by atoms with Crippen LogP contribution in [0.1, 0.15) is 47.2 Å². The molecular formula is C23H25N3O2. The van der Waals surface area contributed by atoms with Gasteiger partial charge in [-0.25, -0.2) is 0 Å². The molecule has 1 amide bonds. The lowest BCUT2D eigenvalue weighted by atomic mass is 9.87. The molecule has 0 atom stereocenters. The van der Waals surface area contributed by atoms with E-state index in [1.54, 1.807) is 13.3 Å². The lowest BCUT2D eigenvalue weighted by Gasteiger charge is -2.31. The summed E-state index contributed by atoms with van der Waals surface area (Å²) in [7, 11) is 1.66. The van der Waals surface area contributed by atoms with Gasteiger partial charge in [-0.3, -0.25) is 9.48 Å². The van der Waals surface area contributed by atoms with Gasteiger partial charge in [0.2, 0.25) is 0 Å². The number of aromatic nitrogens is 2. The lowest BCUT2D eigenvalue weighted by Crippen LogP contribution is -2.43. The number of hydrogen-bond acceptors (Lipinski definition) is 3. The molecule has 0 unspecified atom stereocenters. The Morgan fingerprint density at radius 2 is 1.82 bits per heavy atom. The van der Waals surface area contributed by atoms with Gasteiger partial charge >= 0.3 is 0 Å². The molecule has 5 nitrogen and oxygen atoms in total. The summed E-state index contributed by atoms with van der Waals surface area (Å²) in [5.74, 6) is 0.805. The Balaban J connectivity index is 1.50. The van der Waals surface area contributed by atoms with E-state index in [9.17, 15) is 4.79 Å². The van der Waals surface area contributed by atoms with E-state index in [0.29, 0.717) is 12.1 Å². The van der Waals surface area contributed by atoms with Gasteiger partial charge < -0.3 is 10.1 Å². The summed E-state index contributed by atoms with van der Waals surface area (Å²) in [6.45, 7) is 0.699. The fourth-order valence-electron chi connectivity index (χ4n) is 4.01. The van der Waals surface area contributed by atoms with Gasteiger partial charge in [-0.2, -0.15) is 5.10 Å². The highest BCUT2D eigenvalue weighted by molar-refractivity contribution is 5.94. The molecule has 1 fully saturated rings. The van der Waals surface area contributed by atoms with Crippen molar-refractivity contribution in [1.82, 2.24) is 15.1 Å². The molecule has 28 heavy (non-hydrogen) atoms. The monoisotopic (exact) mass is 375 g/mol. The van der Waals surface area contributed by atoms with E-state index in [1.807, 2.05) is 53.3 Å². The molecule has 0 aliphatic heterocycles. The average molecular weight is 375 g/mol. The summed E-state index contributed by atoms with van der Waals surface area (Å²) in [5.41, 5.74) is 2.65. The second-order valence-corrected chi connectivity index (χ2v) is 7.37. The molecule has 1 aliphatic carbocycles. The molecule has 2 aromatic carbocycles. The molecule has 1 aliphatic rings. The van der Waals surface area contributed by atoms with Gasteiger partial charge in [-0.1, -0.05) is 37.1 Å². The van der Waals surface area contributed by atoms with Crippen molar-refractivity contribution in [3.05, 3.63) is 83.7 Å². The first-order chi connectivity index (χ1) is 13.7. The number of nitrogens with one attached hydrogen (secondary N) is 1. The fourth-order valence-corrected chi connectivity index (χ4v) is 4.01.